The summed E-state index contributed by atoms with van der Waals surface area (Å²) in [7, 11) is 0. The fourth-order valence-corrected chi connectivity index (χ4v) is 0.999. The van der Waals surface area contributed by atoms with Gasteiger partial charge in [-0.05, 0) is 19.8 Å². The minimum absolute atomic E-state index is 0.191. The maximum Gasteiger partial charge on any atom is 0.307 e. The van der Waals surface area contributed by atoms with Crippen LogP contribution < -0.4 is 5.73 Å². The van der Waals surface area contributed by atoms with Crippen molar-refractivity contribution in [1.29, 1.82) is 0 Å². The minimum Gasteiger partial charge on any atom is -0.466 e. The second kappa shape index (κ2) is 5.14. The Morgan fingerprint density at radius 3 is 2.17 bits per heavy atom. The van der Waals surface area contributed by atoms with Crippen LogP contribution in [0.3, 0.4) is 0 Å². The van der Waals surface area contributed by atoms with E-state index in [1.165, 1.54) is 0 Å². The molecule has 0 bridgehead atoms. The van der Waals surface area contributed by atoms with E-state index in [2.05, 4.69) is 0 Å². The Bertz CT molecular complexity index is 141. The van der Waals surface area contributed by atoms with Crippen molar-refractivity contribution >= 4 is 5.97 Å². The Hall–Kier alpha value is -0.570. The monoisotopic (exact) mass is 173 g/mol. The number of hydrogen-bond acceptors (Lipinski definition) is 3. The molecular formula is C9H19NO2. The normalized spacial score (nSPS) is 11.3. The Morgan fingerprint density at radius 1 is 1.33 bits per heavy atom. The zero-order valence-electron chi connectivity index (χ0n) is 8.22. The number of carbonyl (C=O) groups excluding carboxylic acids is 1. The highest BCUT2D eigenvalue weighted by atomic mass is 16.5. The Kier molecular flexibility index (Phi) is 4.90. The molecule has 0 aromatic carbocycles. The van der Waals surface area contributed by atoms with E-state index in [9.17, 15) is 4.79 Å². The van der Waals surface area contributed by atoms with Gasteiger partial charge in [-0.1, -0.05) is 13.8 Å². The lowest BCUT2D eigenvalue weighted by Crippen LogP contribution is -2.40. The van der Waals surface area contributed by atoms with Gasteiger partial charge in [0.2, 0.25) is 0 Å². The Balaban J connectivity index is 3.93. The number of rotatable bonds is 5. The molecule has 0 fully saturated rings. The fraction of sp³-hybridized carbons (Fsp3) is 0.889. The molecule has 0 aromatic rings. The lowest BCUT2D eigenvalue weighted by molar-refractivity contribution is -0.144. The molecule has 3 heteroatoms. The summed E-state index contributed by atoms with van der Waals surface area (Å²) in [6, 6.07) is 0. The summed E-state index contributed by atoms with van der Waals surface area (Å²) in [6.07, 6.45) is 1.94. The van der Waals surface area contributed by atoms with Crippen molar-refractivity contribution < 1.29 is 9.53 Å². The van der Waals surface area contributed by atoms with Crippen LogP contribution in [0.15, 0.2) is 0 Å². The fourth-order valence-electron chi connectivity index (χ4n) is 0.999. The van der Waals surface area contributed by atoms with Gasteiger partial charge in [0.15, 0.2) is 0 Å². The van der Waals surface area contributed by atoms with Crippen LogP contribution in [0, 0.1) is 0 Å². The summed E-state index contributed by atoms with van der Waals surface area (Å²) in [5.41, 5.74) is 5.56. The van der Waals surface area contributed by atoms with E-state index in [4.69, 9.17) is 10.5 Å². The van der Waals surface area contributed by atoms with Crippen molar-refractivity contribution in [1.82, 2.24) is 0 Å². The quantitative estimate of drug-likeness (QED) is 0.640. The third-order valence-corrected chi connectivity index (χ3v) is 2.21. The number of esters is 1. The first kappa shape index (κ1) is 11.4. The summed E-state index contributed by atoms with van der Waals surface area (Å²) in [5.74, 6) is -0.191. The van der Waals surface area contributed by atoms with E-state index in [1.54, 1.807) is 6.92 Å². The predicted octanol–water partition coefficient (Wildman–Crippen LogP) is 1.46. The maximum atomic E-state index is 11.1. The molecule has 0 rings (SSSR count). The molecule has 0 atom stereocenters. The molecule has 0 amide bonds. The molecule has 12 heavy (non-hydrogen) atoms. The standard InChI is InChI=1S/C9H19NO2/c1-4-9(10,5-2)7-8(11)12-6-3/h4-7,10H2,1-3H3. The van der Waals surface area contributed by atoms with Crippen molar-refractivity contribution in [3.8, 4) is 0 Å². The van der Waals surface area contributed by atoms with Crippen LogP contribution in [0.1, 0.15) is 40.0 Å². The molecule has 0 aliphatic rings. The molecular weight excluding hydrogens is 154 g/mol. The smallest absolute Gasteiger partial charge is 0.307 e. The van der Waals surface area contributed by atoms with Crippen LogP contribution in [0.5, 0.6) is 0 Å². The van der Waals surface area contributed by atoms with Crippen LogP contribution >= 0.6 is 0 Å². The van der Waals surface area contributed by atoms with Gasteiger partial charge in [0.05, 0.1) is 13.0 Å². The highest BCUT2D eigenvalue weighted by molar-refractivity contribution is 5.70. The number of carbonyl (C=O) groups is 1. The van der Waals surface area contributed by atoms with Gasteiger partial charge in [-0.2, -0.15) is 0 Å². The Morgan fingerprint density at radius 2 is 1.83 bits per heavy atom. The second-order valence-electron chi connectivity index (χ2n) is 3.05. The average Bonchev–Trinajstić information content (AvgIpc) is 2.05. The van der Waals surface area contributed by atoms with E-state index < -0.39 is 0 Å². The van der Waals surface area contributed by atoms with Crippen molar-refractivity contribution in [2.24, 2.45) is 5.73 Å². The number of ether oxygens (including phenoxy) is 1. The second-order valence-corrected chi connectivity index (χ2v) is 3.05. The molecule has 0 aliphatic heterocycles. The van der Waals surface area contributed by atoms with E-state index in [0.29, 0.717) is 13.0 Å². The van der Waals surface area contributed by atoms with E-state index in [0.717, 1.165) is 12.8 Å². The zero-order chi connectivity index (χ0) is 9.61. The molecule has 0 saturated heterocycles. The lowest BCUT2D eigenvalue weighted by Gasteiger charge is -2.24. The van der Waals surface area contributed by atoms with Crippen LogP contribution in [0.2, 0.25) is 0 Å². The molecule has 0 radical (unpaired) electrons. The summed E-state index contributed by atoms with van der Waals surface area (Å²) in [5, 5.41) is 0. The predicted molar refractivity (Wildman–Crippen MR) is 48.8 cm³/mol. The van der Waals surface area contributed by atoms with E-state index in [1.807, 2.05) is 13.8 Å². The van der Waals surface area contributed by atoms with Crippen LogP contribution in [-0.4, -0.2) is 18.1 Å². The first-order chi connectivity index (χ1) is 5.58. The van der Waals surface area contributed by atoms with Crippen molar-refractivity contribution in [2.75, 3.05) is 6.61 Å². The molecule has 0 aliphatic carbocycles. The van der Waals surface area contributed by atoms with Crippen LogP contribution in [-0.2, 0) is 9.53 Å². The largest absolute Gasteiger partial charge is 0.466 e. The van der Waals surface area contributed by atoms with Crippen molar-refractivity contribution in [2.45, 2.75) is 45.6 Å². The SMILES string of the molecule is CCOC(=O)CC(N)(CC)CC. The van der Waals surface area contributed by atoms with Gasteiger partial charge in [0.1, 0.15) is 0 Å². The number of nitrogens with two attached hydrogens (primary N) is 1. The van der Waals surface area contributed by atoms with E-state index in [-0.39, 0.29) is 11.5 Å². The third kappa shape index (κ3) is 3.72. The molecule has 2 N–H and O–H groups in total. The van der Waals surface area contributed by atoms with Crippen molar-refractivity contribution in [3.63, 3.8) is 0 Å². The lowest BCUT2D eigenvalue weighted by atomic mass is 9.90. The molecule has 3 nitrogen and oxygen atoms in total. The average molecular weight is 173 g/mol. The Labute approximate surface area is 74.3 Å². The first-order valence-electron chi connectivity index (χ1n) is 4.52. The first-order valence-corrected chi connectivity index (χ1v) is 4.52. The molecule has 0 heterocycles. The maximum absolute atomic E-state index is 11.1. The van der Waals surface area contributed by atoms with Gasteiger partial charge >= 0.3 is 5.97 Å². The summed E-state index contributed by atoms with van der Waals surface area (Å²) < 4.78 is 4.82. The molecule has 0 aromatic heterocycles. The summed E-state index contributed by atoms with van der Waals surface area (Å²) >= 11 is 0. The van der Waals surface area contributed by atoms with Gasteiger partial charge in [0.25, 0.3) is 0 Å². The summed E-state index contributed by atoms with van der Waals surface area (Å²) in [6.45, 7) is 6.21. The zero-order valence-corrected chi connectivity index (χ0v) is 8.22. The highest BCUT2D eigenvalue weighted by Crippen LogP contribution is 2.16. The van der Waals surface area contributed by atoms with Gasteiger partial charge in [-0.25, -0.2) is 0 Å². The molecule has 72 valence electrons. The van der Waals surface area contributed by atoms with Gasteiger partial charge < -0.3 is 10.5 Å². The van der Waals surface area contributed by atoms with E-state index >= 15 is 0 Å². The highest BCUT2D eigenvalue weighted by Gasteiger charge is 2.24. The van der Waals surface area contributed by atoms with Crippen molar-refractivity contribution in [3.05, 3.63) is 0 Å². The summed E-state index contributed by atoms with van der Waals surface area (Å²) in [4.78, 5) is 11.1. The van der Waals surface area contributed by atoms with Gasteiger partial charge in [0, 0.05) is 5.54 Å². The topological polar surface area (TPSA) is 52.3 Å². The van der Waals surface area contributed by atoms with Gasteiger partial charge in [-0.3, -0.25) is 4.79 Å². The molecule has 0 unspecified atom stereocenters. The molecule has 0 spiro atoms. The number of hydrogen-bond donors (Lipinski definition) is 1. The van der Waals surface area contributed by atoms with Gasteiger partial charge in [-0.15, -0.1) is 0 Å². The molecule has 0 saturated carbocycles. The van der Waals surface area contributed by atoms with Crippen LogP contribution in [0.25, 0.3) is 0 Å². The van der Waals surface area contributed by atoms with Crippen LogP contribution in [0.4, 0.5) is 0 Å². The third-order valence-electron chi connectivity index (χ3n) is 2.21. The minimum atomic E-state index is -0.369.